The second kappa shape index (κ2) is 6.03. The lowest BCUT2D eigenvalue weighted by atomic mass is 10.1. The summed E-state index contributed by atoms with van der Waals surface area (Å²) in [6, 6.07) is 6.37. The van der Waals surface area contributed by atoms with Gasteiger partial charge >= 0.3 is 5.97 Å². The Bertz CT molecular complexity index is 555. The van der Waals surface area contributed by atoms with Gasteiger partial charge in [0.1, 0.15) is 5.75 Å². The van der Waals surface area contributed by atoms with Crippen molar-refractivity contribution in [2.24, 2.45) is 0 Å². The van der Waals surface area contributed by atoms with Gasteiger partial charge in [-0.05, 0) is 31.5 Å². The second-order valence-corrected chi connectivity index (χ2v) is 6.17. The molecular formula is C12H17NO5S. The highest BCUT2D eigenvalue weighted by atomic mass is 32.2. The molecule has 0 aliphatic carbocycles. The molecule has 1 aromatic rings. The maximum absolute atomic E-state index is 11.8. The molecule has 1 aromatic carbocycles. The van der Waals surface area contributed by atoms with Gasteiger partial charge in [0.05, 0.1) is 7.11 Å². The first-order chi connectivity index (χ1) is 8.77. The smallest absolute Gasteiger partial charge is 0.323 e. The van der Waals surface area contributed by atoms with E-state index in [0.717, 1.165) is 6.92 Å². The van der Waals surface area contributed by atoms with Crippen LogP contribution in [0.2, 0.25) is 0 Å². The minimum Gasteiger partial charge on any atom is -0.497 e. The van der Waals surface area contributed by atoms with Crippen LogP contribution in [0.1, 0.15) is 25.5 Å². The third-order valence-corrected chi connectivity index (χ3v) is 4.56. The van der Waals surface area contributed by atoms with Crippen LogP contribution in [0.3, 0.4) is 0 Å². The highest BCUT2D eigenvalue weighted by Crippen LogP contribution is 2.20. The number of hydrogen-bond acceptors (Lipinski definition) is 4. The van der Waals surface area contributed by atoms with Crippen molar-refractivity contribution in [2.45, 2.75) is 25.1 Å². The van der Waals surface area contributed by atoms with Gasteiger partial charge in [-0.1, -0.05) is 12.1 Å². The average molecular weight is 287 g/mol. The summed E-state index contributed by atoms with van der Waals surface area (Å²) in [6.45, 7) is 2.77. The van der Waals surface area contributed by atoms with Crippen molar-refractivity contribution in [2.75, 3.05) is 7.11 Å². The molecule has 7 heteroatoms. The van der Waals surface area contributed by atoms with E-state index in [2.05, 4.69) is 4.72 Å². The van der Waals surface area contributed by atoms with Crippen molar-refractivity contribution in [3.8, 4) is 5.75 Å². The largest absolute Gasteiger partial charge is 0.497 e. The molecule has 0 bridgehead atoms. The lowest BCUT2D eigenvalue weighted by Crippen LogP contribution is -2.38. The first-order valence-electron chi connectivity index (χ1n) is 5.66. The fraction of sp³-hybridized carbons (Fsp3) is 0.417. The van der Waals surface area contributed by atoms with Crippen LogP contribution in [0.5, 0.6) is 5.75 Å². The predicted molar refractivity (Wildman–Crippen MR) is 70.6 cm³/mol. The average Bonchev–Trinajstić information content (AvgIpc) is 2.37. The number of sulfonamides is 1. The first kappa shape index (κ1) is 15.5. The quantitative estimate of drug-likeness (QED) is 0.818. The van der Waals surface area contributed by atoms with Crippen LogP contribution in [0, 0.1) is 0 Å². The zero-order valence-electron chi connectivity index (χ0n) is 11.0. The van der Waals surface area contributed by atoms with Crippen LogP contribution in [0.4, 0.5) is 0 Å². The molecule has 0 aromatic heterocycles. The van der Waals surface area contributed by atoms with E-state index in [0.29, 0.717) is 11.3 Å². The monoisotopic (exact) mass is 287 g/mol. The number of aliphatic carboxylic acids is 1. The molecule has 0 heterocycles. The number of hydrogen-bond donors (Lipinski definition) is 2. The van der Waals surface area contributed by atoms with E-state index < -0.39 is 27.3 Å². The van der Waals surface area contributed by atoms with Crippen LogP contribution in [-0.4, -0.2) is 31.9 Å². The third kappa shape index (κ3) is 3.93. The predicted octanol–water partition coefficient (Wildman–Crippen LogP) is 1.15. The van der Waals surface area contributed by atoms with Gasteiger partial charge in [0.25, 0.3) is 0 Å². The lowest BCUT2D eigenvalue weighted by Gasteiger charge is -2.17. The summed E-state index contributed by atoms with van der Waals surface area (Å²) >= 11 is 0. The minimum absolute atomic E-state index is 0.540. The molecular weight excluding hydrogens is 270 g/mol. The third-order valence-electron chi connectivity index (χ3n) is 2.75. The molecule has 2 atom stereocenters. The van der Waals surface area contributed by atoms with Crippen molar-refractivity contribution in [3.63, 3.8) is 0 Å². The molecule has 6 nitrogen and oxygen atoms in total. The van der Waals surface area contributed by atoms with Gasteiger partial charge < -0.3 is 9.84 Å². The number of carboxylic acid groups (broad SMARTS) is 1. The minimum atomic E-state index is -3.92. The molecule has 0 radical (unpaired) electrons. The van der Waals surface area contributed by atoms with Gasteiger partial charge in [-0.25, -0.2) is 13.1 Å². The van der Waals surface area contributed by atoms with Crippen molar-refractivity contribution < 1.29 is 23.1 Å². The highest BCUT2D eigenvalue weighted by molar-refractivity contribution is 7.90. The Labute approximate surface area is 112 Å². The Morgan fingerprint density at radius 3 is 2.53 bits per heavy atom. The Morgan fingerprint density at radius 2 is 2.00 bits per heavy atom. The molecule has 0 fully saturated rings. The summed E-state index contributed by atoms with van der Waals surface area (Å²) in [5.41, 5.74) is 0.695. The van der Waals surface area contributed by atoms with E-state index in [1.54, 1.807) is 31.2 Å². The molecule has 0 saturated carbocycles. The van der Waals surface area contributed by atoms with Gasteiger partial charge in [-0.3, -0.25) is 4.79 Å². The Kier molecular flexibility index (Phi) is 4.90. The normalized spacial score (nSPS) is 14.7. The van der Waals surface area contributed by atoms with Crippen molar-refractivity contribution in [1.82, 2.24) is 4.72 Å². The van der Waals surface area contributed by atoms with Gasteiger partial charge in [0.15, 0.2) is 5.25 Å². The molecule has 0 aliphatic heterocycles. The molecule has 0 aliphatic rings. The molecule has 2 unspecified atom stereocenters. The summed E-state index contributed by atoms with van der Waals surface area (Å²) < 4.78 is 31.0. The van der Waals surface area contributed by atoms with Crippen LogP contribution in [-0.2, 0) is 14.8 Å². The fourth-order valence-corrected chi connectivity index (χ4v) is 2.56. The van der Waals surface area contributed by atoms with Crippen LogP contribution < -0.4 is 9.46 Å². The van der Waals surface area contributed by atoms with Crippen molar-refractivity contribution in [3.05, 3.63) is 29.8 Å². The number of methoxy groups -OCH3 is 1. The summed E-state index contributed by atoms with van der Waals surface area (Å²) in [5, 5.41) is 7.24. The Balaban J connectivity index is 2.90. The zero-order valence-corrected chi connectivity index (χ0v) is 11.8. The van der Waals surface area contributed by atoms with Gasteiger partial charge in [0, 0.05) is 6.04 Å². The van der Waals surface area contributed by atoms with E-state index >= 15 is 0 Å². The molecule has 0 spiro atoms. The standard InChI is InChI=1S/C12H17NO5S/c1-8(10-5-4-6-11(7-10)18-3)13-19(16,17)9(2)12(14)15/h4-9,13H,1-3H3,(H,14,15). The Hall–Kier alpha value is -1.60. The van der Waals surface area contributed by atoms with Crippen LogP contribution in [0.15, 0.2) is 24.3 Å². The molecule has 0 amide bonds. The first-order valence-corrected chi connectivity index (χ1v) is 7.20. The molecule has 2 N–H and O–H groups in total. The highest BCUT2D eigenvalue weighted by Gasteiger charge is 2.29. The van der Waals surface area contributed by atoms with E-state index in [4.69, 9.17) is 9.84 Å². The van der Waals surface area contributed by atoms with E-state index in [-0.39, 0.29) is 0 Å². The molecule has 0 saturated heterocycles. The number of nitrogens with one attached hydrogen (secondary N) is 1. The van der Waals surface area contributed by atoms with Gasteiger partial charge in [0.2, 0.25) is 10.0 Å². The lowest BCUT2D eigenvalue weighted by molar-refractivity contribution is -0.136. The van der Waals surface area contributed by atoms with E-state index in [9.17, 15) is 13.2 Å². The van der Waals surface area contributed by atoms with Crippen molar-refractivity contribution in [1.29, 1.82) is 0 Å². The maximum atomic E-state index is 11.8. The SMILES string of the molecule is COc1cccc(C(C)NS(=O)(=O)C(C)C(=O)O)c1. The second-order valence-electron chi connectivity index (χ2n) is 4.14. The number of rotatable bonds is 6. The van der Waals surface area contributed by atoms with Crippen molar-refractivity contribution >= 4 is 16.0 Å². The molecule has 1 rings (SSSR count). The number of carbonyl (C=O) groups is 1. The van der Waals surface area contributed by atoms with Gasteiger partial charge in [-0.15, -0.1) is 0 Å². The number of carboxylic acids is 1. The summed E-state index contributed by atoms with van der Waals surface area (Å²) in [6.07, 6.45) is 0. The van der Waals surface area contributed by atoms with Gasteiger partial charge in [-0.2, -0.15) is 0 Å². The number of ether oxygens (including phenoxy) is 1. The molecule has 106 valence electrons. The summed E-state index contributed by atoms with van der Waals surface area (Å²) in [7, 11) is -2.40. The van der Waals surface area contributed by atoms with E-state index in [1.165, 1.54) is 7.11 Å². The van der Waals surface area contributed by atoms with E-state index in [1.807, 2.05) is 0 Å². The number of benzene rings is 1. The topological polar surface area (TPSA) is 92.7 Å². The summed E-state index contributed by atoms with van der Waals surface area (Å²) in [5.74, 6) is -0.778. The fourth-order valence-electron chi connectivity index (χ4n) is 1.46. The summed E-state index contributed by atoms with van der Waals surface area (Å²) in [4.78, 5) is 10.7. The maximum Gasteiger partial charge on any atom is 0.323 e. The van der Waals surface area contributed by atoms with Crippen LogP contribution >= 0.6 is 0 Å². The zero-order chi connectivity index (χ0) is 14.6. The Morgan fingerprint density at radius 1 is 1.37 bits per heavy atom. The van der Waals surface area contributed by atoms with Crippen LogP contribution in [0.25, 0.3) is 0 Å². The molecule has 19 heavy (non-hydrogen) atoms.